The fraction of sp³-hybridized carbons (Fsp3) is 0.538. The van der Waals surface area contributed by atoms with E-state index in [4.69, 9.17) is 11.6 Å². The second kappa shape index (κ2) is 6.19. The van der Waals surface area contributed by atoms with Gasteiger partial charge in [0, 0.05) is 22.6 Å². The van der Waals surface area contributed by atoms with Crippen molar-refractivity contribution < 1.29 is 5.11 Å². The molecule has 2 N–H and O–H groups in total. The maximum Gasteiger partial charge on any atom is 0.0580 e. The van der Waals surface area contributed by atoms with Gasteiger partial charge >= 0.3 is 0 Å². The molecule has 0 heterocycles. The van der Waals surface area contributed by atoms with Crippen LogP contribution in [-0.2, 0) is 6.54 Å². The molecule has 0 bridgehead atoms. The second-order valence-electron chi connectivity index (χ2n) is 4.62. The predicted molar refractivity (Wildman–Crippen MR) is 74.2 cm³/mol. The van der Waals surface area contributed by atoms with Gasteiger partial charge in [0.15, 0.2) is 0 Å². The summed E-state index contributed by atoms with van der Waals surface area (Å²) in [5.41, 5.74) is 1.20. The van der Waals surface area contributed by atoms with Gasteiger partial charge in [-0.25, -0.2) is 0 Å². The fourth-order valence-electron chi connectivity index (χ4n) is 2.31. The van der Waals surface area contributed by atoms with Gasteiger partial charge in [0.05, 0.1) is 6.10 Å². The zero-order chi connectivity index (χ0) is 12.3. The quantitative estimate of drug-likeness (QED) is 0.892. The van der Waals surface area contributed by atoms with Gasteiger partial charge in [-0.15, -0.1) is 0 Å². The molecule has 1 aromatic carbocycles. The van der Waals surface area contributed by atoms with E-state index in [0.717, 1.165) is 41.8 Å². The number of aliphatic hydroxyl groups excluding tert-OH is 1. The third-order valence-electron chi connectivity index (χ3n) is 3.36. The highest BCUT2D eigenvalue weighted by molar-refractivity contribution is 9.10. The minimum absolute atomic E-state index is 0.115. The van der Waals surface area contributed by atoms with Crippen LogP contribution in [0.3, 0.4) is 0 Å². The summed E-state index contributed by atoms with van der Waals surface area (Å²) in [6, 6.07) is 5.82. The van der Waals surface area contributed by atoms with Crippen molar-refractivity contribution in [3.63, 3.8) is 0 Å². The van der Waals surface area contributed by atoms with Crippen LogP contribution in [0.5, 0.6) is 0 Å². The zero-order valence-corrected chi connectivity index (χ0v) is 12.0. The molecule has 0 radical (unpaired) electrons. The Morgan fingerprint density at radius 3 is 2.88 bits per heavy atom. The molecule has 1 aliphatic carbocycles. The Kier molecular flexibility index (Phi) is 4.86. The lowest BCUT2D eigenvalue weighted by Crippen LogP contribution is -2.27. The smallest absolute Gasteiger partial charge is 0.0580 e. The summed E-state index contributed by atoms with van der Waals surface area (Å²) in [6.07, 6.45) is 3.13. The first-order valence-corrected chi connectivity index (χ1v) is 7.16. The molecule has 2 rings (SSSR count). The number of nitrogens with one attached hydrogen (secondary N) is 1. The average molecular weight is 319 g/mol. The van der Waals surface area contributed by atoms with E-state index in [1.807, 2.05) is 18.2 Å². The molecule has 0 aromatic heterocycles. The van der Waals surface area contributed by atoms with E-state index in [1.165, 1.54) is 5.56 Å². The van der Waals surface area contributed by atoms with Gasteiger partial charge in [-0.05, 0) is 36.5 Å². The van der Waals surface area contributed by atoms with Gasteiger partial charge in [-0.1, -0.05) is 40.0 Å². The Labute approximate surface area is 115 Å². The van der Waals surface area contributed by atoms with Gasteiger partial charge in [-0.2, -0.15) is 0 Å². The molecule has 1 aliphatic rings. The highest BCUT2D eigenvalue weighted by Crippen LogP contribution is 2.25. The molecule has 2 atom stereocenters. The van der Waals surface area contributed by atoms with Gasteiger partial charge in [-0.3, -0.25) is 0 Å². The van der Waals surface area contributed by atoms with Crippen LogP contribution < -0.4 is 5.32 Å². The maximum absolute atomic E-state index is 9.71. The Balaban J connectivity index is 1.81. The van der Waals surface area contributed by atoms with Crippen LogP contribution in [0.25, 0.3) is 0 Å². The third kappa shape index (κ3) is 3.68. The van der Waals surface area contributed by atoms with Crippen molar-refractivity contribution in [3.8, 4) is 0 Å². The number of aliphatic hydroxyl groups is 1. The lowest BCUT2D eigenvalue weighted by molar-refractivity contribution is 0.131. The fourth-order valence-corrected chi connectivity index (χ4v) is 3.14. The van der Waals surface area contributed by atoms with E-state index in [-0.39, 0.29) is 6.10 Å². The van der Waals surface area contributed by atoms with Crippen LogP contribution in [0, 0.1) is 5.92 Å². The summed E-state index contributed by atoms with van der Waals surface area (Å²) in [6.45, 7) is 1.69. The lowest BCUT2D eigenvalue weighted by atomic mass is 10.1. The molecular weight excluding hydrogens is 302 g/mol. The summed E-state index contributed by atoms with van der Waals surface area (Å²) in [4.78, 5) is 0. The number of hydrogen-bond donors (Lipinski definition) is 2. The molecule has 17 heavy (non-hydrogen) atoms. The van der Waals surface area contributed by atoms with Crippen LogP contribution in [0.4, 0.5) is 0 Å². The third-order valence-corrected chi connectivity index (χ3v) is 4.33. The Morgan fingerprint density at radius 1 is 1.41 bits per heavy atom. The van der Waals surface area contributed by atoms with Crippen LogP contribution >= 0.6 is 27.5 Å². The largest absolute Gasteiger partial charge is 0.393 e. The second-order valence-corrected chi connectivity index (χ2v) is 5.92. The standard InChI is InChI=1S/C13H17BrClNO/c14-12-6-11(15)5-4-9(12)7-16-8-10-2-1-3-13(10)17/h4-6,10,13,16-17H,1-3,7-8H2. The van der Waals surface area contributed by atoms with Gasteiger partial charge in [0.25, 0.3) is 0 Å². The summed E-state index contributed by atoms with van der Waals surface area (Å²) < 4.78 is 1.03. The maximum atomic E-state index is 9.71. The van der Waals surface area contributed by atoms with E-state index in [9.17, 15) is 5.11 Å². The van der Waals surface area contributed by atoms with Crippen LogP contribution in [-0.4, -0.2) is 17.8 Å². The normalized spacial score (nSPS) is 24.2. The topological polar surface area (TPSA) is 32.3 Å². The minimum Gasteiger partial charge on any atom is -0.393 e. The van der Waals surface area contributed by atoms with Crippen molar-refractivity contribution in [2.45, 2.75) is 31.9 Å². The van der Waals surface area contributed by atoms with E-state index < -0.39 is 0 Å². The highest BCUT2D eigenvalue weighted by Gasteiger charge is 2.24. The summed E-state index contributed by atoms with van der Waals surface area (Å²) in [5.74, 6) is 0.418. The van der Waals surface area contributed by atoms with Crippen LogP contribution in [0.1, 0.15) is 24.8 Å². The summed E-state index contributed by atoms with van der Waals surface area (Å²) >= 11 is 9.39. The number of halogens is 2. The van der Waals surface area contributed by atoms with Crippen LogP contribution in [0.15, 0.2) is 22.7 Å². The molecule has 0 spiro atoms. The molecule has 0 amide bonds. The zero-order valence-electron chi connectivity index (χ0n) is 9.63. The number of hydrogen-bond acceptors (Lipinski definition) is 2. The van der Waals surface area contributed by atoms with E-state index in [1.54, 1.807) is 0 Å². The van der Waals surface area contributed by atoms with Crippen molar-refractivity contribution in [2.24, 2.45) is 5.92 Å². The molecule has 1 fully saturated rings. The monoisotopic (exact) mass is 317 g/mol. The van der Waals surface area contributed by atoms with Gasteiger partial charge in [0.2, 0.25) is 0 Å². The lowest BCUT2D eigenvalue weighted by Gasteiger charge is -2.15. The van der Waals surface area contributed by atoms with Crippen molar-refractivity contribution in [1.29, 1.82) is 0 Å². The van der Waals surface area contributed by atoms with Crippen molar-refractivity contribution in [3.05, 3.63) is 33.3 Å². The molecule has 0 aliphatic heterocycles. The number of rotatable bonds is 4. The van der Waals surface area contributed by atoms with Crippen molar-refractivity contribution >= 4 is 27.5 Å². The first-order valence-electron chi connectivity index (χ1n) is 5.99. The van der Waals surface area contributed by atoms with Crippen molar-refractivity contribution in [1.82, 2.24) is 5.32 Å². The molecule has 2 nitrogen and oxygen atoms in total. The Hall–Kier alpha value is -0.0900. The first kappa shape index (κ1) is 13.3. The molecule has 94 valence electrons. The molecule has 0 saturated heterocycles. The molecular formula is C13H17BrClNO. The molecule has 1 saturated carbocycles. The highest BCUT2D eigenvalue weighted by atomic mass is 79.9. The first-order chi connectivity index (χ1) is 8.16. The predicted octanol–water partition coefficient (Wildman–Crippen LogP) is 3.35. The number of benzene rings is 1. The van der Waals surface area contributed by atoms with Gasteiger partial charge in [0.1, 0.15) is 0 Å². The van der Waals surface area contributed by atoms with Crippen molar-refractivity contribution in [2.75, 3.05) is 6.54 Å². The van der Waals surface area contributed by atoms with E-state index in [2.05, 4.69) is 21.2 Å². The average Bonchev–Trinajstić information content (AvgIpc) is 2.68. The molecule has 4 heteroatoms. The van der Waals surface area contributed by atoms with E-state index >= 15 is 0 Å². The Morgan fingerprint density at radius 2 is 2.24 bits per heavy atom. The minimum atomic E-state index is -0.115. The van der Waals surface area contributed by atoms with Crippen LogP contribution in [0.2, 0.25) is 5.02 Å². The van der Waals surface area contributed by atoms with E-state index in [0.29, 0.717) is 5.92 Å². The van der Waals surface area contributed by atoms with Gasteiger partial charge < -0.3 is 10.4 Å². The SMILES string of the molecule is OC1CCCC1CNCc1ccc(Cl)cc1Br. The summed E-state index contributed by atoms with van der Waals surface area (Å²) in [5, 5.41) is 13.9. The summed E-state index contributed by atoms with van der Waals surface area (Å²) in [7, 11) is 0. The molecule has 1 aromatic rings. The Bertz CT molecular complexity index is 386. The molecule has 2 unspecified atom stereocenters.